The molecule has 1 fully saturated rings. The predicted molar refractivity (Wildman–Crippen MR) is 63.9 cm³/mol. The van der Waals surface area contributed by atoms with E-state index in [2.05, 4.69) is 15.9 Å². The Morgan fingerprint density at radius 1 is 1.26 bits per heavy atom. The summed E-state index contributed by atoms with van der Waals surface area (Å²) < 4.78 is 62.3. The molecule has 1 N–H and O–H groups in total. The smallest absolute Gasteiger partial charge is 0.378 e. The second kappa shape index (κ2) is 4.44. The molecule has 0 bridgehead atoms. The summed E-state index contributed by atoms with van der Waals surface area (Å²) in [6.45, 7) is -1.97. The third-order valence-electron chi connectivity index (χ3n) is 2.86. The molecule has 1 heterocycles. The number of hydrogen-bond donors (Lipinski definition) is 1. The minimum atomic E-state index is -4.84. The van der Waals surface area contributed by atoms with E-state index in [1.807, 2.05) is 0 Å². The van der Waals surface area contributed by atoms with Gasteiger partial charge in [-0.3, -0.25) is 0 Å². The van der Waals surface area contributed by atoms with Crippen molar-refractivity contribution in [3.05, 3.63) is 28.7 Å². The van der Waals surface area contributed by atoms with Crippen molar-refractivity contribution in [1.82, 2.24) is 4.31 Å². The van der Waals surface area contributed by atoms with Crippen LogP contribution < -0.4 is 0 Å². The van der Waals surface area contributed by atoms with Crippen LogP contribution in [0.25, 0.3) is 0 Å². The fourth-order valence-electron chi connectivity index (χ4n) is 1.68. The predicted octanol–water partition coefficient (Wildman–Crippen LogP) is 1.75. The van der Waals surface area contributed by atoms with E-state index >= 15 is 0 Å². The molecule has 1 aromatic carbocycles. The topological polar surface area (TPSA) is 57.6 Å². The van der Waals surface area contributed by atoms with Gasteiger partial charge < -0.3 is 5.11 Å². The molecule has 106 valence electrons. The first-order chi connectivity index (χ1) is 8.58. The summed E-state index contributed by atoms with van der Waals surface area (Å²) in [5.74, 6) is 0. The van der Waals surface area contributed by atoms with Crippen molar-refractivity contribution in [2.45, 2.75) is 16.7 Å². The summed E-state index contributed by atoms with van der Waals surface area (Å²) in [4.78, 5) is -0.126. The minimum Gasteiger partial charge on any atom is -0.378 e. The molecule has 9 heteroatoms. The van der Waals surface area contributed by atoms with Gasteiger partial charge in [0.05, 0.1) is 18.0 Å². The normalized spacial score (nSPS) is 20.1. The minimum absolute atomic E-state index is 0.126. The molecule has 0 unspecified atom stereocenters. The Kier molecular flexibility index (Phi) is 3.45. The van der Waals surface area contributed by atoms with Crippen LogP contribution in [0.15, 0.2) is 33.6 Å². The van der Waals surface area contributed by atoms with E-state index in [0.29, 0.717) is 4.31 Å². The van der Waals surface area contributed by atoms with Crippen molar-refractivity contribution >= 4 is 26.0 Å². The summed E-state index contributed by atoms with van der Waals surface area (Å²) in [6, 6.07) is 5.81. The first-order valence-corrected chi connectivity index (χ1v) is 7.35. The van der Waals surface area contributed by atoms with Gasteiger partial charge in [-0.25, -0.2) is 8.42 Å². The Labute approximate surface area is 116 Å². The van der Waals surface area contributed by atoms with Crippen molar-refractivity contribution in [3.63, 3.8) is 0 Å². The van der Waals surface area contributed by atoms with Crippen LogP contribution in [-0.2, 0) is 10.0 Å². The molecule has 0 radical (unpaired) electrons. The molecule has 0 spiro atoms. The highest BCUT2D eigenvalue weighted by Gasteiger charge is 2.63. The highest BCUT2D eigenvalue weighted by Crippen LogP contribution is 2.40. The summed E-state index contributed by atoms with van der Waals surface area (Å²) in [6.07, 6.45) is -4.84. The quantitative estimate of drug-likeness (QED) is 0.874. The van der Waals surface area contributed by atoms with Crippen LogP contribution in [0, 0.1) is 0 Å². The Bertz CT molecular complexity index is 596. The third kappa shape index (κ3) is 2.39. The van der Waals surface area contributed by atoms with E-state index in [0.717, 1.165) is 0 Å². The highest BCUT2D eigenvalue weighted by atomic mass is 79.9. The molecule has 0 saturated carbocycles. The van der Waals surface area contributed by atoms with E-state index in [-0.39, 0.29) is 9.37 Å². The van der Waals surface area contributed by atoms with Crippen LogP contribution in [-0.4, -0.2) is 42.7 Å². The lowest BCUT2D eigenvalue weighted by Gasteiger charge is -2.45. The second-order valence-electron chi connectivity index (χ2n) is 4.23. The summed E-state index contributed by atoms with van der Waals surface area (Å²) in [7, 11) is -4.04. The van der Waals surface area contributed by atoms with Crippen LogP contribution in [0.2, 0.25) is 0 Å². The van der Waals surface area contributed by atoms with Gasteiger partial charge in [0.25, 0.3) is 0 Å². The van der Waals surface area contributed by atoms with Crippen LogP contribution in [0.5, 0.6) is 0 Å². The van der Waals surface area contributed by atoms with Crippen LogP contribution in [0.1, 0.15) is 0 Å². The first kappa shape index (κ1) is 14.8. The molecular formula is C10H9BrF3NO3S. The zero-order valence-corrected chi connectivity index (χ0v) is 11.8. The first-order valence-electron chi connectivity index (χ1n) is 5.12. The van der Waals surface area contributed by atoms with Gasteiger partial charge in [-0.05, 0) is 28.1 Å². The van der Waals surface area contributed by atoms with Gasteiger partial charge in [-0.2, -0.15) is 17.5 Å². The molecule has 1 saturated heterocycles. The van der Waals surface area contributed by atoms with E-state index in [4.69, 9.17) is 0 Å². The molecule has 1 aromatic rings. The van der Waals surface area contributed by atoms with Gasteiger partial charge in [0.1, 0.15) is 0 Å². The summed E-state index contributed by atoms with van der Waals surface area (Å²) in [5.41, 5.74) is -2.96. The Balaban J connectivity index is 2.25. The van der Waals surface area contributed by atoms with Gasteiger partial charge in [0.2, 0.25) is 10.0 Å². The molecule has 1 aliphatic heterocycles. The zero-order valence-electron chi connectivity index (χ0n) is 9.35. The molecule has 0 atom stereocenters. The summed E-state index contributed by atoms with van der Waals surface area (Å²) >= 11 is 3.03. The molecule has 2 rings (SSSR count). The monoisotopic (exact) mass is 359 g/mol. The molecule has 4 nitrogen and oxygen atoms in total. The molecular weight excluding hydrogens is 351 g/mol. The van der Waals surface area contributed by atoms with Crippen molar-refractivity contribution < 1.29 is 26.7 Å². The van der Waals surface area contributed by atoms with Crippen molar-refractivity contribution in [2.24, 2.45) is 0 Å². The molecule has 0 aromatic heterocycles. The number of halogens is 4. The Morgan fingerprint density at radius 2 is 1.79 bits per heavy atom. The van der Waals surface area contributed by atoms with E-state index in [1.165, 1.54) is 18.2 Å². The number of hydrogen-bond acceptors (Lipinski definition) is 3. The average molecular weight is 360 g/mol. The fraction of sp³-hybridized carbons (Fsp3) is 0.400. The maximum Gasteiger partial charge on any atom is 0.419 e. The number of aliphatic hydroxyl groups is 1. The van der Waals surface area contributed by atoms with Gasteiger partial charge >= 0.3 is 6.18 Å². The van der Waals surface area contributed by atoms with Crippen LogP contribution >= 0.6 is 15.9 Å². The second-order valence-corrected chi connectivity index (χ2v) is 6.99. The van der Waals surface area contributed by atoms with E-state index in [9.17, 15) is 26.7 Å². The lowest BCUT2D eigenvalue weighted by Crippen LogP contribution is -2.70. The van der Waals surface area contributed by atoms with E-state index in [1.54, 1.807) is 6.07 Å². The molecule has 0 amide bonds. The lowest BCUT2D eigenvalue weighted by atomic mass is 9.97. The number of nitrogens with zero attached hydrogens (tertiary/aromatic N) is 1. The number of benzene rings is 1. The van der Waals surface area contributed by atoms with Gasteiger partial charge in [0.15, 0.2) is 5.60 Å². The van der Waals surface area contributed by atoms with Crippen LogP contribution in [0.4, 0.5) is 13.2 Å². The average Bonchev–Trinajstić information content (AvgIpc) is 2.23. The number of sulfonamides is 1. The molecule has 19 heavy (non-hydrogen) atoms. The zero-order chi connectivity index (χ0) is 14.5. The van der Waals surface area contributed by atoms with Gasteiger partial charge in [-0.15, -0.1) is 0 Å². The standard InChI is InChI=1S/C10H9BrF3NO3S/c11-7-3-1-2-4-8(7)19(17,18)15-5-9(16,6-15)10(12,13)14/h1-4,16H,5-6H2. The fourth-order valence-corrected chi connectivity index (χ4v) is 4.19. The largest absolute Gasteiger partial charge is 0.419 e. The van der Waals surface area contributed by atoms with Gasteiger partial charge in [-0.1, -0.05) is 12.1 Å². The van der Waals surface area contributed by atoms with Crippen molar-refractivity contribution in [3.8, 4) is 0 Å². The number of rotatable bonds is 2. The van der Waals surface area contributed by atoms with Crippen molar-refractivity contribution in [2.75, 3.05) is 13.1 Å². The Morgan fingerprint density at radius 3 is 2.26 bits per heavy atom. The SMILES string of the molecule is O=S(=O)(c1ccccc1Br)N1CC(O)(C(F)(F)F)C1. The van der Waals surface area contributed by atoms with Crippen LogP contribution in [0.3, 0.4) is 0 Å². The lowest BCUT2D eigenvalue weighted by molar-refractivity contribution is -0.290. The van der Waals surface area contributed by atoms with E-state index < -0.39 is 34.9 Å². The maximum atomic E-state index is 12.4. The van der Waals surface area contributed by atoms with Crippen molar-refractivity contribution in [1.29, 1.82) is 0 Å². The highest BCUT2D eigenvalue weighted by molar-refractivity contribution is 9.10. The van der Waals surface area contributed by atoms with Gasteiger partial charge in [0, 0.05) is 4.47 Å². The Hall–Kier alpha value is -0.640. The molecule has 0 aliphatic carbocycles. The number of alkyl halides is 3. The maximum absolute atomic E-state index is 12.4. The number of β-amino-alcohol motifs (C(OH)–C–C–N with tert-alkyl or cyclic N) is 1. The summed E-state index contributed by atoms with van der Waals surface area (Å²) in [5, 5.41) is 9.25. The third-order valence-corrected chi connectivity index (χ3v) is 5.66. The molecule has 1 aliphatic rings.